The number of ether oxygens (including phenoxy) is 1. The van der Waals surface area contributed by atoms with Gasteiger partial charge in [-0.2, -0.15) is 0 Å². The molecule has 0 aliphatic carbocycles. The molecule has 5 nitrogen and oxygen atoms in total. The summed E-state index contributed by atoms with van der Waals surface area (Å²) in [6.07, 6.45) is 3.39. The Balaban J connectivity index is 1.95. The maximum atomic E-state index is 5.88. The van der Waals surface area contributed by atoms with E-state index in [2.05, 4.69) is 16.2 Å². The lowest BCUT2D eigenvalue weighted by atomic mass is 10.2. The Labute approximate surface area is 110 Å². The number of rotatable bonds is 3. The van der Waals surface area contributed by atoms with E-state index in [0.29, 0.717) is 12.6 Å². The highest BCUT2D eigenvalue weighted by Crippen LogP contribution is 2.26. The second kappa shape index (κ2) is 4.87. The van der Waals surface area contributed by atoms with Crippen LogP contribution in [0.1, 0.15) is 19.0 Å². The van der Waals surface area contributed by atoms with Crippen molar-refractivity contribution < 1.29 is 4.74 Å². The molecule has 3 heterocycles. The molecule has 0 spiro atoms. The third-order valence-corrected chi connectivity index (χ3v) is 4.18. The van der Waals surface area contributed by atoms with Crippen molar-refractivity contribution in [1.82, 2.24) is 9.38 Å². The monoisotopic (exact) mass is 266 g/mol. The molecule has 3 rings (SSSR count). The maximum absolute atomic E-state index is 5.88. The lowest BCUT2D eigenvalue weighted by Gasteiger charge is -2.33. The molecular formula is C12H18N4OS. The Hall–Kier alpha value is -1.11. The summed E-state index contributed by atoms with van der Waals surface area (Å²) in [5.41, 5.74) is 6.98. The van der Waals surface area contributed by atoms with Gasteiger partial charge in [-0.05, 0) is 6.42 Å². The SMILES string of the molecule is CCC1CN(c2nc3sccn3c2CN)CCO1. The van der Waals surface area contributed by atoms with Crippen molar-refractivity contribution in [1.29, 1.82) is 0 Å². The number of morpholine rings is 1. The van der Waals surface area contributed by atoms with Crippen molar-refractivity contribution in [2.75, 3.05) is 24.6 Å². The first-order valence-corrected chi connectivity index (χ1v) is 7.22. The van der Waals surface area contributed by atoms with E-state index >= 15 is 0 Å². The highest BCUT2D eigenvalue weighted by molar-refractivity contribution is 7.15. The molecule has 1 atom stereocenters. The molecule has 6 heteroatoms. The van der Waals surface area contributed by atoms with Crippen LogP contribution < -0.4 is 10.6 Å². The fraction of sp³-hybridized carbons (Fsp3) is 0.583. The second-order valence-corrected chi connectivity index (χ2v) is 5.36. The van der Waals surface area contributed by atoms with Crippen LogP contribution in [-0.2, 0) is 11.3 Å². The summed E-state index contributed by atoms with van der Waals surface area (Å²) in [7, 11) is 0. The summed E-state index contributed by atoms with van der Waals surface area (Å²) in [4.78, 5) is 8.03. The second-order valence-electron chi connectivity index (χ2n) is 4.49. The van der Waals surface area contributed by atoms with Gasteiger partial charge in [0.1, 0.15) is 0 Å². The highest BCUT2D eigenvalue weighted by Gasteiger charge is 2.24. The first-order valence-electron chi connectivity index (χ1n) is 6.34. The largest absolute Gasteiger partial charge is 0.375 e. The van der Waals surface area contributed by atoms with Crippen LogP contribution >= 0.6 is 11.3 Å². The van der Waals surface area contributed by atoms with E-state index in [1.54, 1.807) is 11.3 Å². The van der Waals surface area contributed by atoms with Crippen LogP contribution in [0, 0.1) is 0 Å². The number of aromatic nitrogens is 2. The third-order valence-electron chi connectivity index (χ3n) is 3.43. The standard InChI is InChI=1S/C12H18N4OS/c1-2-9-8-15(3-5-17-9)11-10(7-13)16-4-6-18-12(16)14-11/h4,6,9H,2-3,5,7-8,13H2,1H3. The Kier molecular flexibility index (Phi) is 3.23. The third kappa shape index (κ3) is 1.90. The summed E-state index contributed by atoms with van der Waals surface area (Å²) in [5, 5.41) is 2.04. The Morgan fingerprint density at radius 3 is 3.28 bits per heavy atom. The zero-order chi connectivity index (χ0) is 12.5. The molecule has 0 saturated carbocycles. The van der Waals surface area contributed by atoms with Crippen LogP contribution in [0.2, 0.25) is 0 Å². The molecule has 0 amide bonds. The number of nitrogens with zero attached hydrogens (tertiary/aromatic N) is 3. The molecule has 1 unspecified atom stereocenters. The molecule has 18 heavy (non-hydrogen) atoms. The first kappa shape index (κ1) is 12.0. The van der Waals surface area contributed by atoms with E-state index in [-0.39, 0.29) is 0 Å². The fourth-order valence-corrected chi connectivity index (χ4v) is 3.15. The van der Waals surface area contributed by atoms with Gasteiger partial charge in [-0.15, -0.1) is 11.3 Å². The molecule has 0 radical (unpaired) electrons. The van der Waals surface area contributed by atoms with E-state index in [4.69, 9.17) is 15.5 Å². The predicted molar refractivity (Wildman–Crippen MR) is 73.2 cm³/mol. The summed E-state index contributed by atoms with van der Waals surface area (Å²) >= 11 is 1.65. The smallest absolute Gasteiger partial charge is 0.195 e. The molecule has 98 valence electrons. The highest BCUT2D eigenvalue weighted by atomic mass is 32.1. The zero-order valence-corrected chi connectivity index (χ0v) is 11.3. The number of anilines is 1. The van der Waals surface area contributed by atoms with Crippen molar-refractivity contribution >= 4 is 22.1 Å². The molecule has 1 saturated heterocycles. The van der Waals surface area contributed by atoms with E-state index < -0.39 is 0 Å². The van der Waals surface area contributed by atoms with Crippen molar-refractivity contribution in [2.24, 2.45) is 5.73 Å². The van der Waals surface area contributed by atoms with Crippen LogP contribution in [0.5, 0.6) is 0 Å². The quantitative estimate of drug-likeness (QED) is 0.914. The van der Waals surface area contributed by atoms with Crippen LogP contribution in [-0.4, -0.2) is 35.2 Å². The van der Waals surface area contributed by atoms with Crippen LogP contribution in [0.4, 0.5) is 5.82 Å². The van der Waals surface area contributed by atoms with E-state index in [0.717, 1.165) is 42.6 Å². The van der Waals surface area contributed by atoms with E-state index in [1.807, 2.05) is 11.6 Å². The Bertz CT molecular complexity index is 535. The molecule has 2 aromatic rings. The van der Waals surface area contributed by atoms with Gasteiger partial charge in [0.15, 0.2) is 10.8 Å². The number of hydrogen-bond acceptors (Lipinski definition) is 5. The molecule has 1 aliphatic rings. The summed E-state index contributed by atoms with van der Waals surface area (Å²) in [5.74, 6) is 1.03. The van der Waals surface area contributed by atoms with Crippen molar-refractivity contribution in [3.05, 3.63) is 17.3 Å². The fourth-order valence-electron chi connectivity index (χ4n) is 2.42. The van der Waals surface area contributed by atoms with Crippen molar-refractivity contribution in [3.8, 4) is 0 Å². The zero-order valence-electron chi connectivity index (χ0n) is 10.5. The summed E-state index contributed by atoms with van der Waals surface area (Å²) in [6.45, 7) is 5.25. The lowest BCUT2D eigenvalue weighted by molar-refractivity contribution is 0.0381. The van der Waals surface area contributed by atoms with Gasteiger partial charge in [-0.1, -0.05) is 6.92 Å². The first-order chi connectivity index (χ1) is 8.83. The number of imidazole rings is 1. The van der Waals surface area contributed by atoms with Crippen molar-refractivity contribution in [3.63, 3.8) is 0 Å². The van der Waals surface area contributed by atoms with Gasteiger partial charge in [0.05, 0.1) is 18.4 Å². The lowest BCUT2D eigenvalue weighted by Crippen LogP contribution is -2.42. The number of nitrogens with two attached hydrogens (primary N) is 1. The van der Waals surface area contributed by atoms with Crippen LogP contribution in [0.15, 0.2) is 11.6 Å². The molecule has 2 aromatic heterocycles. The molecule has 0 bridgehead atoms. The minimum Gasteiger partial charge on any atom is -0.375 e. The minimum absolute atomic E-state index is 0.309. The minimum atomic E-state index is 0.309. The van der Waals surface area contributed by atoms with Gasteiger partial charge in [0.25, 0.3) is 0 Å². The molecule has 2 N–H and O–H groups in total. The molecule has 1 fully saturated rings. The molecular weight excluding hydrogens is 248 g/mol. The van der Waals surface area contributed by atoms with Gasteiger partial charge in [0.2, 0.25) is 0 Å². The van der Waals surface area contributed by atoms with Gasteiger partial charge in [0, 0.05) is 31.2 Å². The topological polar surface area (TPSA) is 55.8 Å². The number of fused-ring (bicyclic) bond motifs is 1. The molecule has 0 aromatic carbocycles. The normalized spacial score (nSPS) is 20.8. The number of thiazole rings is 1. The number of hydrogen-bond donors (Lipinski definition) is 1. The van der Waals surface area contributed by atoms with Gasteiger partial charge in [-0.3, -0.25) is 4.40 Å². The summed E-state index contributed by atoms with van der Waals surface area (Å²) in [6, 6.07) is 0. The van der Waals surface area contributed by atoms with E-state index in [1.165, 1.54) is 0 Å². The summed E-state index contributed by atoms with van der Waals surface area (Å²) < 4.78 is 7.80. The van der Waals surface area contributed by atoms with Crippen LogP contribution in [0.25, 0.3) is 4.96 Å². The van der Waals surface area contributed by atoms with Gasteiger partial charge < -0.3 is 15.4 Å². The predicted octanol–water partition coefficient (Wildman–Crippen LogP) is 1.47. The Morgan fingerprint density at radius 2 is 2.50 bits per heavy atom. The van der Waals surface area contributed by atoms with Crippen LogP contribution in [0.3, 0.4) is 0 Å². The van der Waals surface area contributed by atoms with Gasteiger partial charge in [-0.25, -0.2) is 4.98 Å². The maximum Gasteiger partial charge on any atom is 0.195 e. The average Bonchev–Trinajstić information content (AvgIpc) is 2.98. The van der Waals surface area contributed by atoms with Crippen molar-refractivity contribution in [2.45, 2.75) is 26.0 Å². The average molecular weight is 266 g/mol. The Morgan fingerprint density at radius 1 is 1.61 bits per heavy atom. The van der Waals surface area contributed by atoms with E-state index in [9.17, 15) is 0 Å². The molecule has 1 aliphatic heterocycles. The van der Waals surface area contributed by atoms with Gasteiger partial charge >= 0.3 is 0 Å².